The summed E-state index contributed by atoms with van der Waals surface area (Å²) in [6.45, 7) is 1.47. The number of rotatable bonds is 3. The summed E-state index contributed by atoms with van der Waals surface area (Å²) in [5, 5.41) is 21.9. The lowest BCUT2D eigenvalue weighted by molar-refractivity contribution is -0.152. The second-order valence-electron chi connectivity index (χ2n) is 10.4. The first-order valence-corrected chi connectivity index (χ1v) is 13.1. The molecule has 0 saturated carbocycles. The number of aryl methyl sites for hydroxylation is 1. The Balaban J connectivity index is 1.68. The van der Waals surface area contributed by atoms with Crippen molar-refractivity contribution in [1.82, 2.24) is 4.90 Å². The van der Waals surface area contributed by atoms with E-state index in [1.807, 2.05) is 12.1 Å². The molecular formula is C29H37NO6. The predicted molar refractivity (Wildman–Crippen MR) is 136 cm³/mol. The average molecular weight is 496 g/mol. The van der Waals surface area contributed by atoms with Gasteiger partial charge in [-0.25, -0.2) is 0 Å². The largest absolute Gasteiger partial charge is 0.496 e. The van der Waals surface area contributed by atoms with Gasteiger partial charge in [-0.15, -0.1) is 0 Å². The van der Waals surface area contributed by atoms with Crippen molar-refractivity contribution in [2.45, 2.75) is 88.3 Å². The number of ether oxygens (including phenoxy) is 3. The Morgan fingerprint density at radius 3 is 2.39 bits per heavy atom. The molecule has 0 unspecified atom stereocenters. The zero-order valence-corrected chi connectivity index (χ0v) is 21.4. The first-order chi connectivity index (χ1) is 17.4. The van der Waals surface area contributed by atoms with Crippen molar-refractivity contribution in [3.63, 3.8) is 0 Å². The first kappa shape index (κ1) is 25.1. The van der Waals surface area contributed by atoms with Gasteiger partial charge < -0.3 is 24.4 Å². The Morgan fingerprint density at radius 1 is 0.944 bits per heavy atom. The monoisotopic (exact) mass is 495 g/mol. The molecule has 2 aromatic rings. The summed E-state index contributed by atoms with van der Waals surface area (Å²) in [7, 11) is 3.34. The molecule has 3 heterocycles. The van der Waals surface area contributed by atoms with Gasteiger partial charge in [0.25, 0.3) is 0 Å². The third-order valence-electron chi connectivity index (χ3n) is 8.24. The molecule has 2 saturated heterocycles. The molecular weight excluding hydrogens is 458 g/mol. The zero-order chi connectivity index (χ0) is 25.4. The maximum absolute atomic E-state index is 12.0. The molecule has 3 aliphatic heterocycles. The lowest BCUT2D eigenvalue weighted by Crippen LogP contribution is -2.61. The molecule has 0 amide bonds. The molecule has 6 atom stereocenters. The number of hydrogen-bond donors (Lipinski definition) is 2. The maximum atomic E-state index is 12.0. The molecule has 36 heavy (non-hydrogen) atoms. The van der Waals surface area contributed by atoms with Gasteiger partial charge in [-0.05, 0) is 73.9 Å². The molecule has 0 aromatic heterocycles. The van der Waals surface area contributed by atoms with Gasteiger partial charge >= 0.3 is 5.97 Å². The normalized spacial score (nSPS) is 30.1. The van der Waals surface area contributed by atoms with Gasteiger partial charge in [0, 0.05) is 36.2 Å². The van der Waals surface area contributed by atoms with Crippen LogP contribution in [0.25, 0.3) is 11.1 Å². The molecule has 7 nitrogen and oxygen atoms in total. The highest BCUT2D eigenvalue weighted by Crippen LogP contribution is 2.46. The van der Waals surface area contributed by atoms with Crippen LogP contribution < -0.4 is 9.47 Å². The van der Waals surface area contributed by atoms with Crippen LogP contribution in [0.4, 0.5) is 0 Å². The number of benzene rings is 2. The van der Waals surface area contributed by atoms with E-state index in [0.717, 1.165) is 59.4 Å². The van der Waals surface area contributed by atoms with E-state index >= 15 is 0 Å². The molecule has 5 rings (SSSR count). The summed E-state index contributed by atoms with van der Waals surface area (Å²) in [5.41, 5.74) is 4.10. The Labute approximate surface area is 213 Å². The molecule has 4 bridgehead atoms. The van der Waals surface area contributed by atoms with Gasteiger partial charge in [0.2, 0.25) is 0 Å². The van der Waals surface area contributed by atoms with Gasteiger partial charge in [0.05, 0.1) is 26.4 Å². The minimum absolute atomic E-state index is 0.0729. The second-order valence-corrected chi connectivity index (χ2v) is 10.4. The number of aliphatic hydroxyl groups is 2. The summed E-state index contributed by atoms with van der Waals surface area (Å²) >= 11 is 0. The Kier molecular flexibility index (Phi) is 7.24. The number of esters is 1. The number of methoxy groups -OCH3 is 2. The van der Waals surface area contributed by atoms with Gasteiger partial charge in [0.15, 0.2) is 0 Å². The van der Waals surface area contributed by atoms with E-state index in [2.05, 4.69) is 29.2 Å². The van der Waals surface area contributed by atoms with E-state index in [1.165, 1.54) is 6.92 Å². The molecule has 194 valence electrons. The Hall–Kier alpha value is -2.61. The second kappa shape index (κ2) is 10.4. The minimum Gasteiger partial charge on any atom is -0.496 e. The van der Waals surface area contributed by atoms with E-state index in [4.69, 9.17) is 14.2 Å². The van der Waals surface area contributed by atoms with Crippen LogP contribution in [0.3, 0.4) is 0 Å². The Morgan fingerprint density at radius 2 is 1.67 bits per heavy atom. The summed E-state index contributed by atoms with van der Waals surface area (Å²) in [6, 6.07) is 12.3. The zero-order valence-electron chi connectivity index (χ0n) is 21.4. The standard InChI is InChI=1S/C29H37NO6/c1-17(31)36-21-10-7-18-8-11-27(34-2)22(13-18)23-14-19(9-12-28(23)35-3)25-16-26(32)29(33)24-6-4-5-20(15-21)30(24)25/h8-9,11-14,20-21,24-26,29,32-33H,4-7,10,15-16H2,1-3H3/t20-,21+,24-,25+,26+,29-/m0/s1. The van der Waals surface area contributed by atoms with Crippen LogP contribution in [0.2, 0.25) is 0 Å². The third-order valence-corrected chi connectivity index (χ3v) is 8.24. The van der Waals surface area contributed by atoms with Crippen molar-refractivity contribution in [1.29, 1.82) is 0 Å². The molecule has 0 spiro atoms. The van der Waals surface area contributed by atoms with E-state index < -0.39 is 12.2 Å². The van der Waals surface area contributed by atoms with Crippen LogP contribution in [0, 0.1) is 0 Å². The highest BCUT2D eigenvalue weighted by atomic mass is 16.5. The number of piperidine rings is 2. The fraction of sp³-hybridized carbons (Fsp3) is 0.552. The fourth-order valence-corrected chi connectivity index (χ4v) is 6.61. The van der Waals surface area contributed by atoms with Gasteiger partial charge in [-0.3, -0.25) is 9.69 Å². The fourth-order valence-electron chi connectivity index (χ4n) is 6.61. The number of fused-ring (bicyclic) bond motifs is 6. The SMILES string of the molecule is COc1ccc2cc1-c1cc(ccc1OC)[C@H]1C[C@@H](O)[C@@H](O)[C@@H]3CCC[C@@H](C[C@H](OC(C)=O)CC2)N13. The quantitative estimate of drug-likeness (QED) is 0.622. The lowest BCUT2D eigenvalue weighted by Gasteiger charge is -2.53. The Bertz CT molecular complexity index is 1100. The molecule has 0 aliphatic carbocycles. The van der Waals surface area contributed by atoms with Crippen molar-refractivity contribution in [2.75, 3.05) is 14.2 Å². The van der Waals surface area contributed by atoms with Crippen LogP contribution in [0.1, 0.15) is 62.6 Å². The summed E-state index contributed by atoms with van der Waals surface area (Å²) in [4.78, 5) is 14.4. The minimum atomic E-state index is -0.793. The van der Waals surface area contributed by atoms with Crippen LogP contribution in [-0.4, -0.2) is 65.7 Å². The number of carbonyl (C=O) groups excluding carboxylic acids is 1. The number of hydrogen-bond acceptors (Lipinski definition) is 7. The van der Waals surface area contributed by atoms with Gasteiger partial charge in [-0.1, -0.05) is 18.6 Å². The maximum Gasteiger partial charge on any atom is 0.302 e. The van der Waals surface area contributed by atoms with Crippen LogP contribution in [0.5, 0.6) is 11.5 Å². The predicted octanol–water partition coefficient (Wildman–Crippen LogP) is 4.03. The van der Waals surface area contributed by atoms with Crippen molar-refractivity contribution in [2.24, 2.45) is 0 Å². The molecule has 2 fully saturated rings. The topological polar surface area (TPSA) is 88.5 Å². The molecule has 0 radical (unpaired) electrons. The van der Waals surface area contributed by atoms with Crippen molar-refractivity contribution in [3.05, 3.63) is 47.5 Å². The summed E-state index contributed by atoms with van der Waals surface area (Å²) < 4.78 is 17.3. The van der Waals surface area contributed by atoms with Crippen molar-refractivity contribution in [3.8, 4) is 22.6 Å². The van der Waals surface area contributed by atoms with Crippen molar-refractivity contribution < 1.29 is 29.2 Å². The number of nitrogens with zero attached hydrogens (tertiary/aromatic N) is 1. The van der Waals surface area contributed by atoms with Gasteiger partial charge in [-0.2, -0.15) is 0 Å². The lowest BCUT2D eigenvalue weighted by atomic mass is 9.78. The third kappa shape index (κ3) is 4.72. The first-order valence-electron chi connectivity index (χ1n) is 13.1. The summed E-state index contributed by atoms with van der Waals surface area (Å²) in [6.07, 6.45) is 3.60. The molecule has 3 aliphatic rings. The highest BCUT2D eigenvalue weighted by Gasteiger charge is 2.47. The average Bonchev–Trinajstić information content (AvgIpc) is 2.88. The smallest absolute Gasteiger partial charge is 0.302 e. The molecule has 2 aromatic carbocycles. The van der Waals surface area contributed by atoms with E-state index in [9.17, 15) is 15.0 Å². The van der Waals surface area contributed by atoms with E-state index in [-0.39, 0.29) is 30.2 Å². The van der Waals surface area contributed by atoms with Gasteiger partial charge in [0.1, 0.15) is 17.6 Å². The van der Waals surface area contributed by atoms with Crippen molar-refractivity contribution >= 4 is 5.97 Å². The molecule has 7 heteroatoms. The molecule has 2 N–H and O–H groups in total. The summed E-state index contributed by atoms with van der Waals surface area (Å²) in [5.74, 6) is 1.24. The van der Waals surface area contributed by atoms with Crippen LogP contribution in [0.15, 0.2) is 36.4 Å². The van der Waals surface area contributed by atoms with Crippen LogP contribution >= 0.6 is 0 Å². The van der Waals surface area contributed by atoms with E-state index in [1.54, 1.807) is 14.2 Å². The van der Waals surface area contributed by atoms with E-state index in [0.29, 0.717) is 19.3 Å². The highest BCUT2D eigenvalue weighted by molar-refractivity contribution is 5.77. The number of aliphatic hydroxyl groups excluding tert-OH is 2. The number of carbonyl (C=O) groups is 1. The van der Waals surface area contributed by atoms with Crippen LogP contribution in [-0.2, 0) is 16.0 Å².